The minimum atomic E-state index is 0.209. The number of furan rings is 1. The van der Waals surface area contributed by atoms with Crippen LogP contribution >= 0.6 is 11.6 Å². The number of hydrogen-bond acceptors (Lipinski definition) is 3. The Kier molecular flexibility index (Phi) is 2.38. The SMILES string of the molecule is O=Cc1cc(Cl)c(C2CCOC2)o1. The van der Waals surface area contributed by atoms with Gasteiger partial charge in [0.15, 0.2) is 12.0 Å². The van der Waals surface area contributed by atoms with E-state index in [4.69, 9.17) is 20.8 Å². The van der Waals surface area contributed by atoms with Crippen LogP contribution in [0, 0.1) is 0 Å². The van der Waals surface area contributed by atoms with Crippen LogP contribution in [0.3, 0.4) is 0 Å². The minimum absolute atomic E-state index is 0.209. The van der Waals surface area contributed by atoms with E-state index in [0.29, 0.717) is 23.7 Å². The molecule has 3 nitrogen and oxygen atoms in total. The summed E-state index contributed by atoms with van der Waals surface area (Å²) in [5.74, 6) is 1.18. The molecule has 1 saturated heterocycles. The molecule has 1 aromatic rings. The summed E-state index contributed by atoms with van der Waals surface area (Å²) in [5.41, 5.74) is 0. The highest BCUT2D eigenvalue weighted by Crippen LogP contribution is 2.32. The van der Waals surface area contributed by atoms with E-state index in [0.717, 1.165) is 13.0 Å². The van der Waals surface area contributed by atoms with Crippen LogP contribution in [-0.2, 0) is 4.74 Å². The first-order valence-corrected chi connectivity index (χ1v) is 4.51. The predicted octanol–water partition coefficient (Wildman–Crippen LogP) is 2.25. The zero-order valence-corrected chi connectivity index (χ0v) is 7.71. The van der Waals surface area contributed by atoms with Crippen LogP contribution in [-0.4, -0.2) is 19.5 Å². The molecule has 1 unspecified atom stereocenters. The zero-order valence-electron chi connectivity index (χ0n) is 6.96. The zero-order chi connectivity index (χ0) is 9.26. The smallest absolute Gasteiger partial charge is 0.185 e. The van der Waals surface area contributed by atoms with Crippen molar-refractivity contribution < 1.29 is 13.9 Å². The molecule has 0 spiro atoms. The van der Waals surface area contributed by atoms with Crippen molar-refractivity contribution in [1.82, 2.24) is 0 Å². The van der Waals surface area contributed by atoms with Crippen molar-refractivity contribution in [3.05, 3.63) is 22.6 Å². The Morgan fingerprint density at radius 1 is 1.62 bits per heavy atom. The summed E-state index contributed by atoms with van der Waals surface area (Å²) in [5, 5.41) is 0.526. The number of carbonyl (C=O) groups is 1. The fourth-order valence-electron chi connectivity index (χ4n) is 1.48. The van der Waals surface area contributed by atoms with Crippen LogP contribution in [0.5, 0.6) is 0 Å². The molecule has 0 amide bonds. The first kappa shape index (κ1) is 8.78. The van der Waals surface area contributed by atoms with Crippen LogP contribution in [0.15, 0.2) is 10.5 Å². The molecule has 0 aromatic carbocycles. The molecule has 70 valence electrons. The first-order valence-electron chi connectivity index (χ1n) is 4.13. The van der Waals surface area contributed by atoms with E-state index in [1.807, 2.05) is 0 Å². The normalized spacial score (nSPS) is 22.1. The number of rotatable bonds is 2. The van der Waals surface area contributed by atoms with Gasteiger partial charge >= 0.3 is 0 Å². The van der Waals surface area contributed by atoms with Gasteiger partial charge < -0.3 is 9.15 Å². The Bertz CT molecular complexity index is 313. The second-order valence-electron chi connectivity index (χ2n) is 3.04. The van der Waals surface area contributed by atoms with Crippen LogP contribution in [0.2, 0.25) is 5.02 Å². The quantitative estimate of drug-likeness (QED) is 0.688. The molecule has 0 saturated carbocycles. The number of carbonyl (C=O) groups excluding carboxylic acids is 1. The molecule has 1 aromatic heterocycles. The van der Waals surface area contributed by atoms with E-state index in [2.05, 4.69) is 0 Å². The molecular weight excluding hydrogens is 192 g/mol. The van der Waals surface area contributed by atoms with Crippen molar-refractivity contribution in [1.29, 1.82) is 0 Å². The van der Waals surface area contributed by atoms with E-state index < -0.39 is 0 Å². The second-order valence-corrected chi connectivity index (χ2v) is 3.45. The van der Waals surface area contributed by atoms with Gasteiger partial charge in [-0.25, -0.2) is 0 Å². The summed E-state index contributed by atoms with van der Waals surface area (Å²) in [4.78, 5) is 10.4. The molecule has 0 radical (unpaired) electrons. The van der Waals surface area contributed by atoms with Gasteiger partial charge in [-0.1, -0.05) is 11.6 Å². The van der Waals surface area contributed by atoms with Gasteiger partial charge in [-0.05, 0) is 6.42 Å². The molecule has 1 aliphatic heterocycles. The van der Waals surface area contributed by atoms with E-state index in [-0.39, 0.29) is 11.7 Å². The molecule has 4 heteroatoms. The summed E-state index contributed by atoms with van der Waals surface area (Å²) in [7, 11) is 0. The molecule has 0 aliphatic carbocycles. The Morgan fingerprint density at radius 3 is 3.00 bits per heavy atom. The van der Waals surface area contributed by atoms with Gasteiger partial charge in [0.2, 0.25) is 0 Å². The summed E-state index contributed by atoms with van der Waals surface area (Å²) in [6, 6.07) is 1.54. The molecule has 0 N–H and O–H groups in total. The minimum Gasteiger partial charge on any atom is -0.456 e. The van der Waals surface area contributed by atoms with Crippen molar-refractivity contribution >= 4 is 17.9 Å². The lowest BCUT2D eigenvalue weighted by Crippen LogP contribution is -1.95. The van der Waals surface area contributed by atoms with Gasteiger partial charge in [-0.2, -0.15) is 0 Å². The van der Waals surface area contributed by atoms with Crippen molar-refractivity contribution in [2.75, 3.05) is 13.2 Å². The van der Waals surface area contributed by atoms with Gasteiger partial charge in [0, 0.05) is 18.6 Å². The highest BCUT2D eigenvalue weighted by Gasteiger charge is 2.24. The lowest BCUT2D eigenvalue weighted by molar-refractivity contribution is 0.109. The first-order chi connectivity index (χ1) is 6.31. The monoisotopic (exact) mass is 200 g/mol. The second kappa shape index (κ2) is 3.52. The average Bonchev–Trinajstić information content (AvgIpc) is 2.72. The lowest BCUT2D eigenvalue weighted by Gasteiger charge is -2.02. The number of aldehydes is 1. The molecule has 2 heterocycles. The summed E-state index contributed by atoms with van der Waals surface area (Å²) < 4.78 is 10.5. The van der Waals surface area contributed by atoms with Crippen molar-refractivity contribution in [2.45, 2.75) is 12.3 Å². The Labute approximate surface area is 80.6 Å². The maximum atomic E-state index is 10.4. The maximum Gasteiger partial charge on any atom is 0.185 e. The third-order valence-corrected chi connectivity index (χ3v) is 2.44. The molecule has 1 aliphatic rings. The maximum absolute atomic E-state index is 10.4. The molecule has 0 bridgehead atoms. The predicted molar refractivity (Wildman–Crippen MR) is 47.3 cm³/mol. The van der Waals surface area contributed by atoms with Crippen molar-refractivity contribution in [3.63, 3.8) is 0 Å². The third-order valence-electron chi connectivity index (χ3n) is 2.15. The fraction of sp³-hybridized carbons (Fsp3) is 0.444. The summed E-state index contributed by atoms with van der Waals surface area (Å²) in [6.07, 6.45) is 1.57. The Balaban J connectivity index is 2.27. The van der Waals surface area contributed by atoms with Crippen LogP contribution < -0.4 is 0 Å². The van der Waals surface area contributed by atoms with Crippen molar-refractivity contribution in [3.8, 4) is 0 Å². The molecule has 13 heavy (non-hydrogen) atoms. The van der Waals surface area contributed by atoms with Gasteiger partial charge in [0.05, 0.1) is 11.6 Å². The molecular formula is C9H9ClO3. The van der Waals surface area contributed by atoms with Crippen LogP contribution in [0.4, 0.5) is 0 Å². The van der Waals surface area contributed by atoms with Crippen molar-refractivity contribution in [2.24, 2.45) is 0 Å². The molecule has 1 fully saturated rings. The van der Waals surface area contributed by atoms with Gasteiger partial charge in [0.25, 0.3) is 0 Å². The molecule has 2 rings (SSSR count). The Morgan fingerprint density at radius 2 is 2.46 bits per heavy atom. The van der Waals surface area contributed by atoms with Gasteiger partial charge in [-0.15, -0.1) is 0 Å². The van der Waals surface area contributed by atoms with E-state index in [9.17, 15) is 4.79 Å². The van der Waals surface area contributed by atoms with E-state index in [1.54, 1.807) is 6.07 Å². The van der Waals surface area contributed by atoms with Crippen LogP contribution in [0.1, 0.15) is 28.7 Å². The van der Waals surface area contributed by atoms with Gasteiger partial charge in [0.1, 0.15) is 5.76 Å². The molecule has 1 atom stereocenters. The number of hydrogen-bond donors (Lipinski definition) is 0. The number of halogens is 1. The summed E-state index contributed by atoms with van der Waals surface area (Å²) >= 11 is 5.90. The topological polar surface area (TPSA) is 39.4 Å². The highest BCUT2D eigenvalue weighted by atomic mass is 35.5. The van der Waals surface area contributed by atoms with Gasteiger partial charge in [-0.3, -0.25) is 4.79 Å². The van der Waals surface area contributed by atoms with E-state index in [1.165, 1.54) is 0 Å². The fourth-order valence-corrected chi connectivity index (χ4v) is 1.78. The lowest BCUT2D eigenvalue weighted by atomic mass is 10.1. The average molecular weight is 201 g/mol. The standard InChI is InChI=1S/C9H9ClO3/c10-8-3-7(4-11)13-9(8)6-1-2-12-5-6/h3-4,6H,1-2,5H2. The highest BCUT2D eigenvalue weighted by molar-refractivity contribution is 6.31. The van der Waals surface area contributed by atoms with E-state index >= 15 is 0 Å². The Hall–Kier alpha value is -0.800. The summed E-state index contributed by atoms with van der Waals surface area (Å²) in [6.45, 7) is 1.36. The number of ether oxygens (including phenoxy) is 1. The third kappa shape index (κ3) is 1.62. The van der Waals surface area contributed by atoms with Crippen LogP contribution in [0.25, 0.3) is 0 Å². The largest absolute Gasteiger partial charge is 0.456 e.